The molecule has 0 unspecified atom stereocenters. The van der Waals surface area contributed by atoms with Gasteiger partial charge in [0.2, 0.25) is 0 Å². The normalized spacial score (nSPS) is 17.3. The Balaban J connectivity index is 1.90. The van der Waals surface area contributed by atoms with E-state index in [0.717, 1.165) is 5.56 Å². The molecule has 1 atom stereocenters. The zero-order chi connectivity index (χ0) is 16.4. The highest BCUT2D eigenvalue weighted by atomic mass is 35.5. The van der Waals surface area contributed by atoms with E-state index in [0.29, 0.717) is 30.1 Å². The van der Waals surface area contributed by atoms with Crippen molar-refractivity contribution in [1.82, 2.24) is 14.9 Å². The molecule has 118 valence electrons. The molecule has 2 heterocycles. The Morgan fingerprint density at radius 3 is 2.83 bits per heavy atom. The summed E-state index contributed by atoms with van der Waals surface area (Å²) in [6.45, 7) is 0.423. The van der Waals surface area contributed by atoms with Crippen LogP contribution in [0.5, 0.6) is 0 Å². The molecule has 0 spiro atoms. The SMILES string of the molecule is O=C(O)[C@@H]1CCCN1C(=O)c1cc(-c2cccc(Cl)c2)ncn1. The zero-order valence-corrected chi connectivity index (χ0v) is 12.9. The predicted octanol–water partition coefficient (Wildman–Crippen LogP) is 2.49. The number of nitrogens with zero attached hydrogens (tertiary/aromatic N) is 3. The van der Waals surface area contributed by atoms with Crippen molar-refractivity contribution in [3.05, 3.63) is 47.4 Å². The average Bonchev–Trinajstić information content (AvgIpc) is 3.04. The molecule has 23 heavy (non-hydrogen) atoms. The van der Waals surface area contributed by atoms with Crippen molar-refractivity contribution >= 4 is 23.5 Å². The molecule has 1 saturated heterocycles. The summed E-state index contributed by atoms with van der Waals surface area (Å²) in [5.41, 5.74) is 1.52. The Morgan fingerprint density at radius 1 is 1.26 bits per heavy atom. The van der Waals surface area contributed by atoms with Crippen LogP contribution >= 0.6 is 11.6 Å². The Hall–Kier alpha value is -2.47. The summed E-state index contributed by atoms with van der Waals surface area (Å²) < 4.78 is 0. The van der Waals surface area contributed by atoms with Crippen LogP contribution in [-0.4, -0.2) is 44.4 Å². The summed E-state index contributed by atoms with van der Waals surface area (Å²) in [5, 5.41) is 9.77. The monoisotopic (exact) mass is 331 g/mol. The number of rotatable bonds is 3. The topological polar surface area (TPSA) is 83.4 Å². The van der Waals surface area contributed by atoms with Crippen LogP contribution in [0.3, 0.4) is 0 Å². The van der Waals surface area contributed by atoms with Crippen molar-refractivity contribution in [3.63, 3.8) is 0 Å². The minimum absolute atomic E-state index is 0.183. The largest absolute Gasteiger partial charge is 0.480 e. The van der Waals surface area contributed by atoms with Gasteiger partial charge in [0, 0.05) is 17.1 Å². The molecule has 1 N–H and O–H groups in total. The maximum atomic E-state index is 12.6. The molecule has 1 fully saturated rings. The first-order chi connectivity index (χ1) is 11.1. The summed E-state index contributed by atoms with van der Waals surface area (Å²) in [5.74, 6) is -1.37. The van der Waals surface area contributed by atoms with E-state index in [2.05, 4.69) is 9.97 Å². The molecule has 0 bridgehead atoms. The third-order valence-electron chi connectivity index (χ3n) is 3.81. The number of likely N-dealkylation sites (tertiary alicyclic amines) is 1. The molecule has 6 nitrogen and oxygen atoms in total. The number of benzene rings is 1. The van der Waals surface area contributed by atoms with E-state index in [-0.39, 0.29) is 11.6 Å². The fourth-order valence-corrected chi connectivity index (χ4v) is 2.88. The Kier molecular flexibility index (Phi) is 4.25. The molecule has 7 heteroatoms. The summed E-state index contributed by atoms with van der Waals surface area (Å²) in [6, 6.07) is 7.90. The first-order valence-electron chi connectivity index (χ1n) is 7.18. The van der Waals surface area contributed by atoms with Crippen LogP contribution in [0.25, 0.3) is 11.3 Å². The van der Waals surface area contributed by atoms with Gasteiger partial charge in [-0.3, -0.25) is 4.79 Å². The highest BCUT2D eigenvalue weighted by molar-refractivity contribution is 6.30. The number of carboxylic acids is 1. The molecular weight excluding hydrogens is 318 g/mol. The molecule has 2 aromatic rings. The van der Waals surface area contributed by atoms with E-state index in [4.69, 9.17) is 11.6 Å². The fourth-order valence-electron chi connectivity index (χ4n) is 2.69. The summed E-state index contributed by atoms with van der Waals surface area (Å²) in [6.07, 6.45) is 2.44. The molecule has 1 aliphatic heterocycles. The number of halogens is 1. The number of hydrogen-bond donors (Lipinski definition) is 1. The van der Waals surface area contributed by atoms with Gasteiger partial charge in [-0.15, -0.1) is 0 Å². The lowest BCUT2D eigenvalue weighted by Gasteiger charge is -2.20. The van der Waals surface area contributed by atoms with Crippen molar-refractivity contribution in [3.8, 4) is 11.3 Å². The van der Waals surface area contributed by atoms with Crippen molar-refractivity contribution in [1.29, 1.82) is 0 Å². The van der Waals surface area contributed by atoms with Crippen LogP contribution < -0.4 is 0 Å². The van der Waals surface area contributed by atoms with Crippen LogP contribution in [0.1, 0.15) is 23.3 Å². The molecule has 1 aliphatic rings. The Morgan fingerprint density at radius 2 is 2.09 bits per heavy atom. The van der Waals surface area contributed by atoms with Crippen molar-refractivity contribution in [2.24, 2.45) is 0 Å². The number of hydrogen-bond acceptors (Lipinski definition) is 4. The lowest BCUT2D eigenvalue weighted by atomic mass is 10.1. The molecule has 0 saturated carbocycles. The number of aliphatic carboxylic acids is 1. The van der Waals surface area contributed by atoms with Gasteiger partial charge in [-0.1, -0.05) is 23.7 Å². The van der Waals surface area contributed by atoms with Crippen LogP contribution in [0.4, 0.5) is 0 Å². The standard InChI is InChI=1S/C16H14ClN3O3/c17-11-4-1-3-10(7-11)12-8-13(19-9-18-12)15(21)20-6-2-5-14(20)16(22)23/h1,3-4,7-9,14H,2,5-6H2,(H,22,23)/t14-/m0/s1. The van der Waals surface area contributed by atoms with E-state index >= 15 is 0 Å². The molecule has 1 aromatic heterocycles. The number of carbonyl (C=O) groups excluding carboxylic acids is 1. The molecule has 3 rings (SSSR count). The molecule has 1 amide bonds. The first kappa shape index (κ1) is 15.4. The van der Waals surface area contributed by atoms with E-state index in [1.165, 1.54) is 11.2 Å². The van der Waals surface area contributed by atoms with Gasteiger partial charge in [0.1, 0.15) is 18.1 Å². The second-order valence-corrected chi connectivity index (χ2v) is 5.73. The van der Waals surface area contributed by atoms with Crippen LogP contribution in [0.15, 0.2) is 36.7 Å². The van der Waals surface area contributed by atoms with Gasteiger partial charge < -0.3 is 10.0 Å². The molecule has 0 aliphatic carbocycles. The van der Waals surface area contributed by atoms with Crippen LogP contribution in [-0.2, 0) is 4.79 Å². The maximum absolute atomic E-state index is 12.6. The summed E-state index contributed by atoms with van der Waals surface area (Å²) >= 11 is 5.97. The number of carboxylic acid groups (broad SMARTS) is 1. The molecular formula is C16H14ClN3O3. The smallest absolute Gasteiger partial charge is 0.326 e. The quantitative estimate of drug-likeness (QED) is 0.934. The second kappa shape index (κ2) is 6.34. The summed E-state index contributed by atoms with van der Waals surface area (Å²) in [4.78, 5) is 33.3. The van der Waals surface area contributed by atoms with Crippen molar-refractivity contribution < 1.29 is 14.7 Å². The van der Waals surface area contributed by atoms with Crippen molar-refractivity contribution in [2.75, 3.05) is 6.54 Å². The highest BCUT2D eigenvalue weighted by Crippen LogP contribution is 2.23. The van der Waals surface area contributed by atoms with Gasteiger partial charge >= 0.3 is 5.97 Å². The Bertz CT molecular complexity index is 766. The third kappa shape index (κ3) is 3.17. The fraction of sp³-hybridized carbons (Fsp3) is 0.250. The average molecular weight is 332 g/mol. The number of carbonyl (C=O) groups is 2. The first-order valence-corrected chi connectivity index (χ1v) is 7.56. The van der Waals surface area contributed by atoms with Gasteiger partial charge in [-0.2, -0.15) is 0 Å². The minimum atomic E-state index is -0.986. The maximum Gasteiger partial charge on any atom is 0.326 e. The lowest BCUT2D eigenvalue weighted by Crippen LogP contribution is -2.40. The van der Waals surface area contributed by atoms with Crippen molar-refractivity contribution in [2.45, 2.75) is 18.9 Å². The van der Waals surface area contributed by atoms with E-state index in [1.807, 2.05) is 6.07 Å². The number of aromatic nitrogens is 2. The van der Waals surface area contributed by atoms with E-state index in [9.17, 15) is 14.7 Å². The lowest BCUT2D eigenvalue weighted by molar-refractivity contribution is -0.141. The van der Waals surface area contributed by atoms with Gasteiger partial charge in [-0.25, -0.2) is 14.8 Å². The zero-order valence-electron chi connectivity index (χ0n) is 12.1. The Labute approximate surface area is 137 Å². The van der Waals surface area contributed by atoms with Crippen LogP contribution in [0.2, 0.25) is 5.02 Å². The molecule has 0 radical (unpaired) electrons. The summed E-state index contributed by atoms with van der Waals surface area (Å²) in [7, 11) is 0. The second-order valence-electron chi connectivity index (χ2n) is 5.29. The molecule has 1 aromatic carbocycles. The van der Waals surface area contributed by atoms with E-state index < -0.39 is 12.0 Å². The predicted molar refractivity (Wildman–Crippen MR) is 84.2 cm³/mol. The van der Waals surface area contributed by atoms with Crippen LogP contribution in [0, 0.1) is 0 Å². The highest BCUT2D eigenvalue weighted by Gasteiger charge is 2.35. The minimum Gasteiger partial charge on any atom is -0.480 e. The number of amides is 1. The third-order valence-corrected chi connectivity index (χ3v) is 4.04. The van der Waals surface area contributed by atoms with Gasteiger partial charge in [0.25, 0.3) is 5.91 Å². The van der Waals surface area contributed by atoms with Gasteiger partial charge in [0.15, 0.2) is 0 Å². The van der Waals surface area contributed by atoms with Gasteiger partial charge in [0.05, 0.1) is 5.69 Å². The van der Waals surface area contributed by atoms with E-state index in [1.54, 1.807) is 24.3 Å². The van der Waals surface area contributed by atoms with Gasteiger partial charge in [-0.05, 0) is 31.0 Å².